The van der Waals surface area contributed by atoms with E-state index in [9.17, 15) is 40.7 Å². The summed E-state index contributed by atoms with van der Waals surface area (Å²) < 4.78 is 96.6. The van der Waals surface area contributed by atoms with E-state index in [1.165, 1.54) is 19.1 Å². The van der Waals surface area contributed by atoms with E-state index in [-0.39, 0.29) is 40.7 Å². The van der Waals surface area contributed by atoms with Gasteiger partial charge < -0.3 is 19.3 Å². The van der Waals surface area contributed by atoms with E-state index in [2.05, 4.69) is 10.1 Å². The highest BCUT2D eigenvalue weighted by Crippen LogP contribution is 2.41. The second-order valence-electron chi connectivity index (χ2n) is 9.25. The lowest BCUT2D eigenvalue weighted by molar-refractivity contribution is -0.242. The normalized spacial score (nSPS) is 16.5. The largest absolute Gasteiger partial charge is 0.494 e. The number of aliphatic carboxylic acids is 1. The lowest BCUT2D eigenvalue weighted by Gasteiger charge is -2.36. The van der Waals surface area contributed by atoms with E-state index >= 15 is 0 Å². The summed E-state index contributed by atoms with van der Waals surface area (Å²) in [6.07, 6.45) is -7.26. The summed E-state index contributed by atoms with van der Waals surface area (Å²) >= 11 is 0. The summed E-state index contributed by atoms with van der Waals surface area (Å²) in [5.41, 5.74) is -3.03. The maximum atomic E-state index is 14.0. The number of ether oxygens (including phenoxy) is 3. The SMILES string of the molecule is COc1cc(S(=O)(=O)N2CC(CC(C)C(=O)O)Oc3ccc(NC(=O)OC(C)(C)C(F)(F)F)cc32)ccc1F. The summed E-state index contributed by atoms with van der Waals surface area (Å²) in [5, 5.41) is 11.4. The average molecular weight is 579 g/mol. The number of benzene rings is 2. The lowest BCUT2D eigenvalue weighted by Crippen LogP contribution is -2.45. The van der Waals surface area contributed by atoms with Crippen LogP contribution in [0, 0.1) is 11.7 Å². The first-order chi connectivity index (χ1) is 18.0. The molecule has 10 nitrogen and oxygen atoms in total. The molecule has 0 aromatic heterocycles. The van der Waals surface area contributed by atoms with Crippen molar-refractivity contribution in [3.63, 3.8) is 0 Å². The Morgan fingerprint density at radius 1 is 1.21 bits per heavy atom. The molecular weight excluding hydrogens is 552 g/mol. The minimum Gasteiger partial charge on any atom is -0.494 e. The van der Waals surface area contributed by atoms with Gasteiger partial charge >= 0.3 is 18.2 Å². The number of hydrogen-bond acceptors (Lipinski definition) is 7. The van der Waals surface area contributed by atoms with Gasteiger partial charge in [0.15, 0.2) is 11.6 Å². The van der Waals surface area contributed by atoms with Gasteiger partial charge in [-0.2, -0.15) is 13.2 Å². The Balaban J connectivity index is 2.01. The average Bonchev–Trinajstić information content (AvgIpc) is 2.82. The number of hydrogen-bond donors (Lipinski definition) is 2. The predicted molar refractivity (Wildman–Crippen MR) is 130 cm³/mol. The van der Waals surface area contributed by atoms with Crippen LogP contribution in [0.5, 0.6) is 11.5 Å². The molecule has 0 saturated heterocycles. The number of carboxylic acids is 1. The van der Waals surface area contributed by atoms with E-state index in [1.54, 1.807) is 0 Å². The highest BCUT2D eigenvalue weighted by Gasteiger charge is 2.51. The number of alkyl halides is 3. The molecule has 2 atom stereocenters. The molecular formula is C24H26F4N2O8S. The molecule has 0 fully saturated rings. The van der Waals surface area contributed by atoms with Crippen LogP contribution in [0.2, 0.25) is 0 Å². The van der Waals surface area contributed by atoms with Crippen LogP contribution in [0.4, 0.5) is 33.7 Å². The van der Waals surface area contributed by atoms with Crippen LogP contribution in [0.1, 0.15) is 27.2 Å². The number of carboxylic acid groups (broad SMARTS) is 1. The molecule has 39 heavy (non-hydrogen) atoms. The van der Waals surface area contributed by atoms with Gasteiger partial charge in [-0.15, -0.1) is 0 Å². The number of anilines is 2. The predicted octanol–water partition coefficient (Wildman–Crippen LogP) is 4.79. The first-order valence-corrected chi connectivity index (χ1v) is 12.9. The van der Waals surface area contributed by atoms with Crippen molar-refractivity contribution in [1.82, 2.24) is 0 Å². The zero-order valence-electron chi connectivity index (χ0n) is 21.2. The minimum atomic E-state index is -4.85. The summed E-state index contributed by atoms with van der Waals surface area (Å²) in [6.45, 7) is 2.39. The first-order valence-electron chi connectivity index (χ1n) is 11.4. The Morgan fingerprint density at radius 3 is 2.46 bits per heavy atom. The summed E-state index contributed by atoms with van der Waals surface area (Å²) in [6, 6.07) is 6.53. The van der Waals surface area contributed by atoms with Gasteiger partial charge in [0, 0.05) is 11.8 Å². The quantitative estimate of drug-likeness (QED) is 0.428. The Hall–Kier alpha value is -3.75. The molecule has 0 radical (unpaired) electrons. The fourth-order valence-corrected chi connectivity index (χ4v) is 5.11. The number of fused-ring (bicyclic) bond motifs is 1. The minimum absolute atomic E-state index is 0.00368. The summed E-state index contributed by atoms with van der Waals surface area (Å²) in [4.78, 5) is 23.2. The number of rotatable bonds is 8. The van der Waals surface area contributed by atoms with Crippen molar-refractivity contribution in [2.45, 2.75) is 50.0 Å². The highest BCUT2D eigenvalue weighted by atomic mass is 32.2. The molecule has 1 aliphatic rings. The fraction of sp³-hybridized carbons (Fsp3) is 0.417. The number of amides is 1. The van der Waals surface area contributed by atoms with E-state index in [0.29, 0.717) is 13.8 Å². The van der Waals surface area contributed by atoms with Crippen LogP contribution < -0.4 is 19.1 Å². The molecule has 1 aliphatic heterocycles. The molecule has 0 spiro atoms. The number of methoxy groups -OCH3 is 1. The number of nitrogens with one attached hydrogen (secondary N) is 1. The number of carbonyl (C=O) groups is 2. The summed E-state index contributed by atoms with van der Waals surface area (Å²) in [5.74, 6) is -3.16. The van der Waals surface area contributed by atoms with Crippen molar-refractivity contribution in [2.75, 3.05) is 23.3 Å². The van der Waals surface area contributed by atoms with Gasteiger partial charge in [0.05, 0.1) is 30.2 Å². The maximum Gasteiger partial charge on any atom is 0.427 e. The molecule has 0 aliphatic carbocycles. The molecule has 3 rings (SSSR count). The smallest absolute Gasteiger partial charge is 0.427 e. The Labute approximate surface area is 221 Å². The topological polar surface area (TPSA) is 131 Å². The van der Waals surface area contributed by atoms with Gasteiger partial charge in [-0.1, -0.05) is 6.92 Å². The molecule has 0 bridgehead atoms. The zero-order valence-corrected chi connectivity index (χ0v) is 22.0. The number of sulfonamides is 1. The molecule has 2 unspecified atom stereocenters. The molecule has 2 aromatic rings. The van der Waals surface area contributed by atoms with Crippen molar-refractivity contribution in [3.05, 3.63) is 42.2 Å². The Bertz CT molecular complexity index is 1360. The van der Waals surface area contributed by atoms with Crippen molar-refractivity contribution >= 4 is 33.5 Å². The third-order valence-electron chi connectivity index (χ3n) is 5.92. The fourth-order valence-electron chi connectivity index (χ4n) is 3.60. The summed E-state index contributed by atoms with van der Waals surface area (Å²) in [7, 11) is -3.29. The van der Waals surface area contributed by atoms with Gasteiger partial charge in [-0.05, 0) is 50.6 Å². The highest BCUT2D eigenvalue weighted by molar-refractivity contribution is 7.92. The molecule has 2 aromatic carbocycles. The molecule has 1 amide bonds. The van der Waals surface area contributed by atoms with Crippen molar-refractivity contribution < 1.29 is 54.9 Å². The molecule has 0 saturated carbocycles. The van der Waals surface area contributed by atoms with Crippen molar-refractivity contribution in [1.29, 1.82) is 0 Å². The second kappa shape index (κ2) is 10.8. The van der Waals surface area contributed by atoms with Gasteiger partial charge in [0.25, 0.3) is 10.0 Å². The van der Waals surface area contributed by atoms with Crippen LogP contribution in [-0.2, 0) is 19.6 Å². The van der Waals surface area contributed by atoms with Gasteiger partial charge in [0.1, 0.15) is 11.9 Å². The lowest BCUT2D eigenvalue weighted by atomic mass is 10.0. The van der Waals surface area contributed by atoms with Gasteiger partial charge in [-0.25, -0.2) is 17.6 Å². The molecule has 15 heteroatoms. The maximum absolute atomic E-state index is 14.0. The van der Waals surface area contributed by atoms with E-state index in [1.807, 2.05) is 0 Å². The third kappa shape index (κ3) is 6.46. The van der Waals surface area contributed by atoms with Crippen LogP contribution in [0.25, 0.3) is 0 Å². The Kier molecular flexibility index (Phi) is 8.24. The first kappa shape index (κ1) is 29.8. The van der Waals surface area contributed by atoms with Crippen LogP contribution in [0.3, 0.4) is 0 Å². The van der Waals surface area contributed by atoms with Gasteiger partial charge in [0.2, 0.25) is 5.60 Å². The number of halogens is 4. The van der Waals surface area contributed by atoms with E-state index in [0.717, 1.165) is 35.7 Å². The van der Waals surface area contributed by atoms with E-state index < -0.39 is 51.7 Å². The standard InChI is InChI=1S/C24H26F4N2O8S/c1-13(21(31)32)9-15-12-30(39(34,35)16-6-7-17(25)20(11-16)36-4)18-10-14(5-8-19(18)37-15)29-22(33)38-23(2,3)24(26,27)28/h5-8,10-11,13,15H,9,12H2,1-4H3,(H,29,33)(H,31,32). The van der Waals surface area contributed by atoms with E-state index in [4.69, 9.17) is 9.47 Å². The van der Waals surface area contributed by atoms with Gasteiger partial charge in [-0.3, -0.25) is 14.4 Å². The van der Waals surface area contributed by atoms with Crippen molar-refractivity contribution in [3.8, 4) is 11.5 Å². The zero-order chi connectivity index (χ0) is 29.3. The molecule has 214 valence electrons. The molecule has 2 N–H and O–H groups in total. The van der Waals surface area contributed by atoms with Crippen LogP contribution in [0.15, 0.2) is 41.3 Å². The van der Waals surface area contributed by atoms with Crippen molar-refractivity contribution in [2.24, 2.45) is 5.92 Å². The molecule has 1 heterocycles. The number of nitrogens with zero attached hydrogens (tertiary/aromatic N) is 1. The Morgan fingerprint density at radius 2 is 1.87 bits per heavy atom. The second-order valence-corrected chi connectivity index (χ2v) is 11.1. The number of carbonyl (C=O) groups excluding carboxylic acids is 1. The monoisotopic (exact) mass is 578 g/mol. The third-order valence-corrected chi connectivity index (χ3v) is 7.69. The van der Waals surface area contributed by atoms with Crippen LogP contribution in [-0.4, -0.2) is 57.1 Å². The van der Waals surface area contributed by atoms with Crippen LogP contribution >= 0.6 is 0 Å².